The third-order valence-electron chi connectivity index (χ3n) is 7.23. The van der Waals surface area contributed by atoms with Gasteiger partial charge in [-0.15, -0.1) is 0 Å². The summed E-state index contributed by atoms with van der Waals surface area (Å²) in [4.78, 5) is 60.2. The molecule has 3 aromatic rings. The van der Waals surface area contributed by atoms with Gasteiger partial charge in [0, 0.05) is 31.9 Å². The number of anilines is 1. The lowest BCUT2D eigenvalue weighted by Gasteiger charge is -2.23. The fraction of sp³-hybridized carbons (Fsp3) is 0.393. The first-order valence-electron chi connectivity index (χ1n) is 14.7. The van der Waals surface area contributed by atoms with Gasteiger partial charge in [-0.25, -0.2) is 23.0 Å². The Balaban J connectivity index is 1.26. The number of carbonyl (C=O) groups is 1. The molecule has 20 heteroatoms. The maximum atomic E-state index is 13.0. The van der Waals surface area contributed by atoms with Crippen LogP contribution in [0.1, 0.15) is 41.4 Å². The molecule has 260 valence electrons. The molecule has 2 aliphatic heterocycles. The Hall–Kier alpha value is -3.04. The Morgan fingerprint density at radius 2 is 1.60 bits per heavy atom. The van der Waals surface area contributed by atoms with E-state index in [0.29, 0.717) is 19.0 Å². The molecular formula is C28H34N3O14P3. The summed E-state index contributed by atoms with van der Waals surface area (Å²) in [5, 5.41) is 3.19. The highest BCUT2D eigenvalue weighted by Crippen LogP contribution is 2.68. The van der Waals surface area contributed by atoms with Crippen LogP contribution in [0, 0.1) is 0 Å². The van der Waals surface area contributed by atoms with Gasteiger partial charge in [-0.3, -0.25) is 13.7 Å². The first kappa shape index (κ1) is 36.2. The molecule has 0 spiro atoms. The van der Waals surface area contributed by atoms with Gasteiger partial charge in [0.25, 0.3) is 0 Å². The van der Waals surface area contributed by atoms with Crippen molar-refractivity contribution < 1.29 is 60.5 Å². The van der Waals surface area contributed by atoms with Crippen molar-refractivity contribution in [1.29, 1.82) is 0 Å². The number of nitrogens with zero attached hydrogens (tertiary/aromatic N) is 2. The van der Waals surface area contributed by atoms with Gasteiger partial charge in [-0.1, -0.05) is 48.5 Å². The van der Waals surface area contributed by atoms with Crippen LogP contribution in [0.4, 0.5) is 5.82 Å². The topological polar surface area (TPSA) is 231 Å². The number of benzene rings is 2. The van der Waals surface area contributed by atoms with Crippen LogP contribution in [0.3, 0.4) is 0 Å². The molecule has 6 atom stereocenters. The van der Waals surface area contributed by atoms with Crippen LogP contribution in [0.2, 0.25) is 0 Å². The number of nitrogens with one attached hydrogen (secondary N) is 1. The number of hydrogen-bond acceptors (Lipinski definition) is 13. The van der Waals surface area contributed by atoms with Crippen LogP contribution in [-0.4, -0.2) is 68.3 Å². The smallest absolute Gasteiger partial charge is 0.456 e. The molecule has 3 heterocycles. The monoisotopic (exact) mass is 729 g/mol. The van der Waals surface area contributed by atoms with Gasteiger partial charge in [0.2, 0.25) is 0 Å². The number of rotatable bonds is 14. The van der Waals surface area contributed by atoms with Gasteiger partial charge in [0.1, 0.15) is 24.3 Å². The van der Waals surface area contributed by atoms with Crippen LogP contribution in [-0.2, 0) is 47.2 Å². The standard InChI is InChI=1S/C28H34N3O14P3/c32-27(21-9-5-2-6-10-21)43-23-17-26(31-14-11-25(30-28(31)33)29-22-12-15-40-16-13-22)42-24(23)18-41-47(36,37)45-48(38,39)44-46(34,35)19-20-7-3-1-4-8-20/h1-11,14,22-24,26H,12-13,15-19H2,(H,34,35)(H,36,37)(H,38,39)(H,29,30,33)/t23-,24-,26-/m1/s1. The van der Waals surface area contributed by atoms with E-state index < -0.39 is 66.1 Å². The molecule has 2 aromatic carbocycles. The summed E-state index contributed by atoms with van der Waals surface area (Å²) in [6, 6.07) is 17.3. The summed E-state index contributed by atoms with van der Waals surface area (Å²) in [5.74, 6) is -0.413. The predicted molar refractivity (Wildman–Crippen MR) is 168 cm³/mol. The van der Waals surface area contributed by atoms with Gasteiger partial charge in [-0.05, 0) is 36.6 Å². The minimum atomic E-state index is -5.64. The molecule has 1 aromatic heterocycles. The Bertz CT molecular complexity index is 1760. The minimum absolute atomic E-state index is 0.0803. The Morgan fingerprint density at radius 1 is 0.938 bits per heavy atom. The fourth-order valence-corrected chi connectivity index (χ4v) is 9.18. The van der Waals surface area contributed by atoms with Gasteiger partial charge in [-0.2, -0.15) is 9.29 Å². The largest absolute Gasteiger partial charge is 0.488 e. The normalized spacial score (nSPS) is 23.8. The van der Waals surface area contributed by atoms with E-state index in [2.05, 4.69) is 18.9 Å². The molecule has 17 nitrogen and oxygen atoms in total. The second-order valence-corrected chi connectivity index (χ2v) is 15.9. The van der Waals surface area contributed by atoms with E-state index in [1.165, 1.54) is 30.5 Å². The van der Waals surface area contributed by atoms with E-state index in [4.69, 9.17) is 18.7 Å². The summed E-state index contributed by atoms with van der Waals surface area (Å²) in [5.41, 5.74) is -0.206. The molecule has 4 N–H and O–H groups in total. The summed E-state index contributed by atoms with van der Waals surface area (Å²) >= 11 is 0. The average molecular weight is 730 g/mol. The minimum Gasteiger partial charge on any atom is -0.456 e. The fourth-order valence-electron chi connectivity index (χ4n) is 5.03. The second kappa shape index (κ2) is 15.7. The summed E-state index contributed by atoms with van der Waals surface area (Å²) in [7, 11) is -15.9. The van der Waals surface area contributed by atoms with Gasteiger partial charge in [0.05, 0.1) is 18.3 Å². The molecule has 2 aliphatic rings. The zero-order chi connectivity index (χ0) is 34.4. The molecular weight excluding hydrogens is 695 g/mol. The van der Waals surface area contributed by atoms with Crippen molar-refractivity contribution in [3.63, 3.8) is 0 Å². The summed E-state index contributed by atoms with van der Waals surface area (Å²) in [6.45, 7) is 0.328. The van der Waals surface area contributed by atoms with E-state index >= 15 is 0 Å². The maximum absolute atomic E-state index is 13.0. The molecule has 2 saturated heterocycles. The zero-order valence-electron chi connectivity index (χ0n) is 25.3. The number of phosphoric acid groups is 2. The SMILES string of the molecule is O=C(O[C@@H]1C[C@H](n2ccc(NC3CCOCC3)nc2=O)O[C@@H]1COP(=O)(O)OP(=O)(O)OP(=O)(O)Cc1ccccc1)c1ccccc1. The summed E-state index contributed by atoms with van der Waals surface area (Å²) < 4.78 is 69.0. The number of esters is 1. The maximum Gasteiger partial charge on any atom is 0.488 e. The van der Waals surface area contributed by atoms with Crippen molar-refractivity contribution in [2.24, 2.45) is 0 Å². The first-order chi connectivity index (χ1) is 22.8. The van der Waals surface area contributed by atoms with E-state index in [0.717, 1.165) is 17.4 Å². The van der Waals surface area contributed by atoms with Crippen LogP contribution >= 0.6 is 23.2 Å². The van der Waals surface area contributed by atoms with Crippen LogP contribution in [0.5, 0.6) is 0 Å². The molecule has 3 unspecified atom stereocenters. The Morgan fingerprint density at radius 3 is 2.27 bits per heavy atom. The quantitative estimate of drug-likeness (QED) is 0.136. The highest BCUT2D eigenvalue weighted by atomic mass is 31.3. The number of hydrogen-bond donors (Lipinski definition) is 4. The molecule has 0 bridgehead atoms. The van der Waals surface area contributed by atoms with E-state index in [1.54, 1.807) is 42.5 Å². The number of phosphoric ester groups is 1. The molecule has 0 aliphatic carbocycles. The van der Waals surface area contributed by atoms with E-state index in [-0.39, 0.29) is 23.6 Å². The second-order valence-electron chi connectivity index (χ2n) is 10.9. The van der Waals surface area contributed by atoms with Crippen molar-refractivity contribution in [3.8, 4) is 0 Å². The highest BCUT2D eigenvalue weighted by molar-refractivity contribution is 7.68. The molecule has 0 amide bonds. The lowest BCUT2D eigenvalue weighted by Crippen LogP contribution is -2.32. The Kier molecular flexibility index (Phi) is 11.8. The Labute approximate surface area is 274 Å². The van der Waals surface area contributed by atoms with Gasteiger partial charge < -0.3 is 34.2 Å². The third-order valence-corrected chi connectivity index (χ3v) is 12.0. The van der Waals surface area contributed by atoms with Gasteiger partial charge in [0.15, 0.2) is 0 Å². The summed E-state index contributed by atoms with van der Waals surface area (Å²) in [6.07, 6.45) is -1.37. The lowest BCUT2D eigenvalue weighted by molar-refractivity contribution is -0.0511. The van der Waals surface area contributed by atoms with Crippen molar-refractivity contribution in [2.75, 3.05) is 25.1 Å². The molecule has 0 radical (unpaired) electrons. The molecule has 48 heavy (non-hydrogen) atoms. The number of carbonyl (C=O) groups excluding carboxylic acids is 1. The van der Waals surface area contributed by atoms with Gasteiger partial charge >= 0.3 is 34.9 Å². The van der Waals surface area contributed by atoms with E-state index in [9.17, 15) is 38.0 Å². The van der Waals surface area contributed by atoms with Crippen molar-refractivity contribution in [2.45, 2.75) is 49.9 Å². The zero-order valence-corrected chi connectivity index (χ0v) is 27.9. The lowest BCUT2D eigenvalue weighted by atomic mass is 10.1. The predicted octanol–water partition coefficient (Wildman–Crippen LogP) is 3.98. The first-order valence-corrected chi connectivity index (χ1v) is 19.5. The molecule has 0 saturated carbocycles. The van der Waals surface area contributed by atoms with Crippen LogP contribution < -0.4 is 11.0 Å². The van der Waals surface area contributed by atoms with Crippen LogP contribution in [0.25, 0.3) is 0 Å². The van der Waals surface area contributed by atoms with E-state index in [1.807, 2.05) is 0 Å². The van der Waals surface area contributed by atoms with Crippen molar-refractivity contribution in [3.05, 3.63) is 94.5 Å². The third kappa shape index (κ3) is 10.5. The molecule has 5 rings (SSSR count). The van der Waals surface area contributed by atoms with Crippen molar-refractivity contribution in [1.82, 2.24) is 9.55 Å². The molecule has 2 fully saturated rings. The van der Waals surface area contributed by atoms with Crippen molar-refractivity contribution >= 4 is 35.0 Å². The average Bonchev–Trinajstić information content (AvgIpc) is 3.42. The van der Waals surface area contributed by atoms with Crippen LogP contribution in [0.15, 0.2) is 77.7 Å². The number of aromatic nitrogens is 2. The number of ether oxygens (including phenoxy) is 3. The highest BCUT2D eigenvalue weighted by Gasteiger charge is 2.44.